The van der Waals surface area contributed by atoms with Gasteiger partial charge in [-0.1, -0.05) is 35.9 Å². The molecule has 0 spiro atoms. The van der Waals surface area contributed by atoms with Crippen LogP contribution in [0.1, 0.15) is 32.1 Å². The molecule has 224 valence electrons. The maximum atomic E-state index is 16.7. The van der Waals surface area contributed by atoms with Gasteiger partial charge in [-0.3, -0.25) is 4.90 Å². The second-order valence-electron chi connectivity index (χ2n) is 12.4. The lowest BCUT2D eigenvalue weighted by Gasteiger charge is -2.34. The number of ether oxygens (including phenoxy) is 2. The van der Waals surface area contributed by atoms with E-state index >= 15 is 4.39 Å². The summed E-state index contributed by atoms with van der Waals surface area (Å²) < 4.78 is 28.8. The van der Waals surface area contributed by atoms with Gasteiger partial charge in [0.2, 0.25) is 0 Å². The van der Waals surface area contributed by atoms with Gasteiger partial charge in [-0.25, -0.2) is 4.39 Å². The molecule has 4 saturated heterocycles. The molecule has 10 heteroatoms. The fraction of sp³-hybridized carbons (Fsp3) is 0.455. The maximum absolute atomic E-state index is 16.7. The van der Waals surface area contributed by atoms with E-state index in [0.29, 0.717) is 47.7 Å². The average Bonchev–Trinajstić information content (AvgIpc) is 3.53. The summed E-state index contributed by atoms with van der Waals surface area (Å²) in [6.45, 7) is 4.84. The molecule has 0 radical (unpaired) electrons. The van der Waals surface area contributed by atoms with Gasteiger partial charge in [-0.15, -0.1) is 0 Å². The molecule has 4 aromatic rings. The summed E-state index contributed by atoms with van der Waals surface area (Å²) >= 11 is 6.86. The number of rotatable bonds is 7. The number of hydrogen-bond donors (Lipinski definition) is 2. The summed E-state index contributed by atoms with van der Waals surface area (Å²) in [5.74, 6) is 0.145. The molecule has 3 aromatic carbocycles. The fourth-order valence-electron chi connectivity index (χ4n) is 7.52. The minimum atomic E-state index is -0.548. The van der Waals surface area contributed by atoms with Gasteiger partial charge in [0.05, 0.1) is 23.8 Å². The van der Waals surface area contributed by atoms with Gasteiger partial charge < -0.3 is 24.8 Å². The maximum Gasteiger partial charge on any atom is 0.319 e. The van der Waals surface area contributed by atoms with Crippen molar-refractivity contribution in [1.82, 2.24) is 20.2 Å². The standard InChI is InChI=1S/C33H35ClFN5O3/c34-28-14-27-31(30(35)29(28)26-13-22(41)12-19-4-1-2-5-25(19)26)37-33(38-32(27)40-15-20-6-7-21(16-40)36-20)42-11-3-10-39-17-23-8-9-24(18-39)43-23/h1-2,4-5,12-14,20-21,23-24,36,41H,3,6-11,15-18H2. The zero-order valence-electron chi connectivity index (χ0n) is 23.9. The first-order valence-corrected chi connectivity index (χ1v) is 15.8. The van der Waals surface area contributed by atoms with Gasteiger partial charge in [0.1, 0.15) is 17.1 Å². The Balaban J connectivity index is 1.15. The van der Waals surface area contributed by atoms with Crippen molar-refractivity contribution in [3.05, 3.63) is 53.3 Å². The second-order valence-corrected chi connectivity index (χ2v) is 12.9. The van der Waals surface area contributed by atoms with E-state index in [1.165, 1.54) is 0 Å². The predicted octanol–water partition coefficient (Wildman–Crippen LogP) is 5.52. The summed E-state index contributed by atoms with van der Waals surface area (Å²) in [7, 11) is 0. The van der Waals surface area contributed by atoms with Crippen LogP contribution in [0, 0.1) is 5.82 Å². The largest absolute Gasteiger partial charge is 0.508 e. The number of phenolic OH excluding ortho intramolecular Hbond substituents is 1. The summed E-state index contributed by atoms with van der Waals surface area (Å²) in [4.78, 5) is 14.2. The van der Waals surface area contributed by atoms with E-state index in [0.717, 1.165) is 75.6 Å². The number of aromatic hydroxyl groups is 1. The number of anilines is 1. The van der Waals surface area contributed by atoms with Crippen LogP contribution in [0.4, 0.5) is 10.2 Å². The lowest BCUT2D eigenvalue weighted by atomic mass is 9.96. The third-order valence-electron chi connectivity index (χ3n) is 9.44. The van der Waals surface area contributed by atoms with E-state index in [2.05, 4.69) is 20.1 Å². The second kappa shape index (κ2) is 11.0. The molecule has 0 aliphatic carbocycles. The number of phenols is 1. The number of halogens is 2. The fourth-order valence-corrected chi connectivity index (χ4v) is 7.81. The molecular weight excluding hydrogens is 569 g/mol. The van der Waals surface area contributed by atoms with Crippen LogP contribution in [0.5, 0.6) is 11.8 Å². The third kappa shape index (κ3) is 5.16. The van der Waals surface area contributed by atoms with Crippen LogP contribution in [0.3, 0.4) is 0 Å². The van der Waals surface area contributed by atoms with Crippen LogP contribution >= 0.6 is 11.6 Å². The van der Waals surface area contributed by atoms with E-state index in [1.807, 2.05) is 24.3 Å². The molecule has 43 heavy (non-hydrogen) atoms. The molecule has 4 unspecified atom stereocenters. The number of piperazine rings is 1. The molecule has 4 atom stereocenters. The third-order valence-corrected chi connectivity index (χ3v) is 9.74. The van der Waals surface area contributed by atoms with Gasteiger partial charge in [0.15, 0.2) is 5.82 Å². The van der Waals surface area contributed by atoms with E-state index in [1.54, 1.807) is 18.2 Å². The molecule has 4 bridgehead atoms. The number of nitrogens with one attached hydrogen (secondary N) is 1. The van der Waals surface area contributed by atoms with Crippen LogP contribution in [-0.4, -0.2) is 83.6 Å². The number of benzene rings is 3. The summed E-state index contributed by atoms with van der Waals surface area (Å²) in [6.07, 6.45) is 6.05. The van der Waals surface area contributed by atoms with Gasteiger partial charge in [0.25, 0.3) is 0 Å². The number of hydrogen-bond acceptors (Lipinski definition) is 8. The van der Waals surface area contributed by atoms with Crippen molar-refractivity contribution in [3.8, 4) is 22.9 Å². The smallest absolute Gasteiger partial charge is 0.319 e. The summed E-state index contributed by atoms with van der Waals surface area (Å²) in [5.41, 5.74) is 0.893. The molecule has 1 aromatic heterocycles. The Morgan fingerprint density at radius 2 is 1.74 bits per heavy atom. The van der Waals surface area contributed by atoms with Crippen molar-refractivity contribution in [2.45, 2.75) is 56.4 Å². The molecule has 8 rings (SSSR count). The van der Waals surface area contributed by atoms with Gasteiger partial charge in [-0.05, 0) is 66.6 Å². The Labute approximate surface area is 254 Å². The zero-order chi connectivity index (χ0) is 29.1. The predicted molar refractivity (Wildman–Crippen MR) is 166 cm³/mol. The van der Waals surface area contributed by atoms with Crippen molar-refractivity contribution in [2.75, 3.05) is 44.2 Å². The normalized spacial score (nSPS) is 25.2. The van der Waals surface area contributed by atoms with Gasteiger partial charge in [-0.2, -0.15) is 9.97 Å². The van der Waals surface area contributed by atoms with Gasteiger partial charge in [0, 0.05) is 55.8 Å². The van der Waals surface area contributed by atoms with E-state index in [-0.39, 0.29) is 27.9 Å². The monoisotopic (exact) mass is 603 g/mol. The van der Waals surface area contributed by atoms with Crippen LogP contribution < -0.4 is 15.0 Å². The van der Waals surface area contributed by atoms with Crippen LogP contribution in [0.2, 0.25) is 5.02 Å². The topological polar surface area (TPSA) is 83.0 Å². The Hall–Kier alpha value is -3.24. The number of fused-ring (bicyclic) bond motifs is 6. The molecule has 4 fully saturated rings. The Morgan fingerprint density at radius 3 is 2.53 bits per heavy atom. The lowest BCUT2D eigenvalue weighted by Crippen LogP contribution is -2.51. The highest BCUT2D eigenvalue weighted by molar-refractivity contribution is 6.35. The first-order chi connectivity index (χ1) is 21.0. The minimum Gasteiger partial charge on any atom is -0.508 e. The van der Waals surface area contributed by atoms with Crippen LogP contribution in [0.25, 0.3) is 32.8 Å². The Bertz CT molecular complexity index is 1680. The molecule has 4 aliphatic heterocycles. The number of likely N-dealkylation sites (tertiary alicyclic amines) is 1. The first-order valence-electron chi connectivity index (χ1n) is 15.4. The molecule has 8 nitrogen and oxygen atoms in total. The average molecular weight is 604 g/mol. The van der Waals surface area contributed by atoms with Crippen LogP contribution in [0.15, 0.2) is 42.5 Å². The number of morpholine rings is 1. The highest BCUT2D eigenvalue weighted by atomic mass is 35.5. The number of nitrogens with zero attached hydrogens (tertiary/aromatic N) is 4. The van der Waals surface area contributed by atoms with Crippen molar-refractivity contribution < 1.29 is 19.0 Å². The molecule has 0 saturated carbocycles. The SMILES string of the molecule is Oc1cc(-c2c(Cl)cc3c(N4CC5CCC(C4)N5)nc(OCCCN4CC5CCC(C4)O5)nc3c2F)c2ccccc2c1. The van der Waals surface area contributed by atoms with Gasteiger partial charge >= 0.3 is 6.01 Å². The van der Waals surface area contributed by atoms with Crippen molar-refractivity contribution >= 4 is 39.1 Å². The van der Waals surface area contributed by atoms with E-state index in [4.69, 9.17) is 26.1 Å². The summed E-state index contributed by atoms with van der Waals surface area (Å²) in [5, 5.41) is 16.6. The number of aromatic nitrogens is 2. The van der Waals surface area contributed by atoms with E-state index in [9.17, 15) is 5.11 Å². The molecule has 5 heterocycles. The van der Waals surface area contributed by atoms with Crippen LogP contribution in [-0.2, 0) is 4.74 Å². The molecular formula is C33H35ClFN5O3. The highest BCUT2D eigenvalue weighted by Gasteiger charge is 2.35. The Kier molecular flexibility index (Phi) is 7.01. The van der Waals surface area contributed by atoms with Crippen molar-refractivity contribution in [1.29, 1.82) is 0 Å². The quantitative estimate of drug-likeness (QED) is 0.267. The molecule has 0 amide bonds. The molecule has 2 N–H and O–H groups in total. The van der Waals surface area contributed by atoms with Crippen molar-refractivity contribution in [2.24, 2.45) is 0 Å². The highest BCUT2D eigenvalue weighted by Crippen LogP contribution is 2.43. The first kappa shape index (κ1) is 27.3. The Morgan fingerprint density at radius 1 is 0.977 bits per heavy atom. The molecule has 4 aliphatic rings. The lowest BCUT2D eigenvalue weighted by molar-refractivity contribution is -0.0391. The summed E-state index contributed by atoms with van der Waals surface area (Å²) in [6, 6.07) is 13.5. The van der Waals surface area contributed by atoms with E-state index < -0.39 is 5.82 Å². The van der Waals surface area contributed by atoms with Crippen molar-refractivity contribution in [3.63, 3.8) is 0 Å². The minimum absolute atomic E-state index is 0.0428. The zero-order valence-corrected chi connectivity index (χ0v) is 24.7.